The van der Waals surface area contributed by atoms with Gasteiger partial charge in [0.2, 0.25) is 5.12 Å². The van der Waals surface area contributed by atoms with Gasteiger partial charge in [0.15, 0.2) is 0 Å². The molecule has 0 heterocycles. The Bertz CT molecular complexity index is 307. The lowest BCUT2D eigenvalue weighted by Gasteiger charge is -2.07. The summed E-state index contributed by atoms with van der Waals surface area (Å²) in [4.78, 5) is 11.0. The molecule has 1 rings (SSSR count). The molecular formula is C9H10O2S. The van der Waals surface area contributed by atoms with Crippen LogP contribution < -0.4 is 4.74 Å². The van der Waals surface area contributed by atoms with Crippen LogP contribution in [-0.4, -0.2) is 12.2 Å². The second-order valence-corrected chi connectivity index (χ2v) is 2.87. The predicted octanol–water partition coefficient (Wildman–Crippen LogP) is 2.07. The summed E-state index contributed by atoms with van der Waals surface area (Å²) in [6.45, 7) is 1.89. The fourth-order valence-electron chi connectivity index (χ4n) is 1.09. The molecule has 1 aromatic carbocycles. The summed E-state index contributed by atoms with van der Waals surface area (Å²) in [6, 6.07) is 5.39. The first-order chi connectivity index (χ1) is 5.66. The molecule has 0 atom stereocenters. The van der Waals surface area contributed by atoms with E-state index in [4.69, 9.17) is 4.74 Å². The molecule has 0 fully saturated rings. The van der Waals surface area contributed by atoms with Crippen LogP contribution in [0, 0.1) is 6.92 Å². The van der Waals surface area contributed by atoms with Crippen LogP contribution in [0.3, 0.4) is 0 Å². The third-order valence-electron chi connectivity index (χ3n) is 1.65. The van der Waals surface area contributed by atoms with Gasteiger partial charge in [-0.3, -0.25) is 4.79 Å². The number of benzene rings is 1. The third-order valence-corrected chi connectivity index (χ3v) is 1.89. The summed E-state index contributed by atoms with van der Waals surface area (Å²) in [6.07, 6.45) is 0. The molecule has 12 heavy (non-hydrogen) atoms. The number of carbonyl (C=O) groups excluding carboxylic acids is 1. The van der Waals surface area contributed by atoms with E-state index in [0.717, 1.165) is 5.56 Å². The molecule has 0 aliphatic rings. The van der Waals surface area contributed by atoms with Crippen molar-refractivity contribution in [1.29, 1.82) is 0 Å². The van der Waals surface area contributed by atoms with E-state index in [0.29, 0.717) is 11.3 Å². The molecule has 0 saturated heterocycles. The number of hydrogen-bond donors (Lipinski definition) is 1. The molecule has 0 aromatic heterocycles. The highest BCUT2D eigenvalue weighted by molar-refractivity contribution is 7.97. The lowest BCUT2D eigenvalue weighted by atomic mass is 10.1. The van der Waals surface area contributed by atoms with Crippen molar-refractivity contribution in [2.45, 2.75) is 6.92 Å². The van der Waals surface area contributed by atoms with Gasteiger partial charge in [0.1, 0.15) is 5.75 Å². The zero-order valence-electron chi connectivity index (χ0n) is 7.00. The second kappa shape index (κ2) is 3.63. The molecular weight excluding hydrogens is 172 g/mol. The Kier molecular flexibility index (Phi) is 2.76. The van der Waals surface area contributed by atoms with E-state index in [1.54, 1.807) is 19.2 Å². The van der Waals surface area contributed by atoms with Gasteiger partial charge in [-0.1, -0.05) is 12.1 Å². The van der Waals surface area contributed by atoms with Crippen molar-refractivity contribution in [3.8, 4) is 5.75 Å². The van der Waals surface area contributed by atoms with Crippen LogP contribution in [0.2, 0.25) is 0 Å². The molecule has 0 aliphatic heterocycles. The van der Waals surface area contributed by atoms with E-state index >= 15 is 0 Å². The molecule has 0 spiro atoms. The van der Waals surface area contributed by atoms with Crippen LogP contribution in [0.25, 0.3) is 0 Å². The molecule has 1 aromatic rings. The van der Waals surface area contributed by atoms with Crippen molar-refractivity contribution < 1.29 is 9.53 Å². The van der Waals surface area contributed by atoms with Crippen LogP contribution in [0.5, 0.6) is 5.75 Å². The minimum atomic E-state index is -0.268. The first kappa shape index (κ1) is 9.13. The fraction of sp³-hybridized carbons (Fsp3) is 0.222. The average Bonchev–Trinajstić information content (AvgIpc) is 2.03. The average molecular weight is 182 g/mol. The normalized spacial score (nSPS) is 9.58. The van der Waals surface area contributed by atoms with E-state index in [9.17, 15) is 4.79 Å². The number of rotatable bonds is 2. The number of hydrogen-bond acceptors (Lipinski definition) is 2. The quantitative estimate of drug-likeness (QED) is 0.709. The maximum Gasteiger partial charge on any atom is 0.220 e. The Morgan fingerprint density at radius 2 is 2.17 bits per heavy atom. The molecule has 0 unspecified atom stereocenters. The minimum absolute atomic E-state index is 0.268. The SMILES string of the molecule is COc1c(C)cccc1C(=O)S. The maximum absolute atomic E-state index is 11.0. The van der Waals surface area contributed by atoms with Gasteiger partial charge in [-0.15, -0.1) is 12.6 Å². The number of para-hydroxylation sites is 1. The van der Waals surface area contributed by atoms with Gasteiger partial charge in [0.25, 0.3) is 0 Å². The molecule has 64 valence electrons. The summed E-state index contributed by atoms with van der Waals surface area (Å²) in [7, 11) is 1.54. The van der Waals surface area contributed by atoms with Gasteiger partial charge in [-0.2, -0.15) is 0 Å². The van der Waals surface area contributed by atoms with E-state index in [1.165, 1.54) is 0 Å². The summed E-state index contributed by atoms with van der Waals surface area (Å²) >= 11 is 3.74. The smallest absolute Gasteiger partial charge is 0.220 e. The van der Waals surface area contributed by atoms with Crippen LogP contribution in [0.1, 0.15) is 15.9 Å². The zero-order chi connectivity index (χ0) is 9.14. The molecule has 3 heteroatoms. The van der Waals surface area contributed by atoms with E-state index in [-0.39, 0.29) is 5.12 Å². The monoisotopic (exact) mass is 182 g/mol. The van der Waals surface area contributed by atoms with Crippen LogP contribution in [0.15, 0.2) is 18.2 Å². The Morgan fingerprint density at radius 3 is 2.58 bits per heavy atom. The van der Waals surface area contributed by atoms with Gasteiger partial charge < -0.3 is 4.74 Å². The highest BCUT2D eigenvalue weighted by atomic mass is 32.1. The molecule has 0 amide bonds. The van der Waals surface area contributed by atoms with Crippen molar-refractivity contribution in [2.24, 2.45) is 0 Å². The fourth-order valence-corrected chi connectivity index (χ4v) is 1.27. The van der Waals surface area contributed by atoms with Crippen LogP contribution >= 0.6 is 12.6 Å². The molecule has 0 radical (unpaired) electrons. The third kappa shape index (κ3) is 1.61. The summed E-state index contributed by atoms with van der Waals surface area (Å²) in [5.41, 5.74) is 1.46. The molecule has 0 aliphatic carbocycles. The summed E-state index contributed by atoms with van der Waals surface area (Å²) in [5, 5.41) is -0.268. The van der Waals surface area contributed by atoms with Gasteiger partial charge in [-0.25, -0.2) is 0 Å². The summed E-state index contributed by atoms with van der Waals surface area (Å²) in [5.74, 6) is 0.609. The van der Waals surface area contributed by atoms with Crippen molar-refractivity contribution in [1.82, 2.24) is 0 Å². The Labute approximate surface area is 77.0 Å². The topological polar surface area (TPSA) is 26.3 Å². The highest BCUT2D eigenvalue weighted by Crippen LogP contribution is 2.23. The number of ether oxygens (including phenoxy) is 1. The summed E-state index contributed by atoms with van der Waals surface area (Å²) < 4.78 is 5.07. The number of thiol groups is 1. The van der Waals surface area contributed by atoms with Crippen molar-refractivity contribution in [3.63, 3.8) is 0 Å². The predicted molar refractivity (Wildman–Crippen MR) is 51.0 cm³/mol. The Morgan fingerprint density at radius 1 is 1.50 bits per heavy atom. The van der Waals surface area contributed by atoms with Crippen molar-refractivity contribution in [2.75, 3.05) is 7.11 Å². The minimum Gasteiger partial charge on any atom is -0.496 e. The zero-order valence-corrected chi connectivity index (χ0v) is 7.89. The lowest BCUT2D eigenvalue weighted by molar-refractivity contribution is 0.108. The molecule has 0 saturated carbocycles. The van der Waals surface area contributed by atoms with E-state index < -0.39 is 0 Å². The standard InChI is InChI=1S/C9H10O2S/c1-6-4-3-5-7(9(10)12)8(6)11-2/h3-5H,1-2H3,(H,10,12). The Hall–Kier alpha value is -0.960. The molecule has 2 nitrogen and oxygen atoms in total. The molecule has 0 N–H and O–H groups in total. The molecule has 0 bridgehead atoms. The van der Waals surface area contributed by atoms with Crippen molar-refractivity contribution in [3.05, 3.63) is 29.3 Å². The van der Waals surface area contributed by atoms with Crippen molar-refractivity contribution >= 4 is 17.7 Å². The highest BCUT2D eigenvalue weighted by Gasteiger charge is 2.09. The van der Waals surface area contributed by atoms with E-state index in [2.05, 4.69) is 12.6 Å². The number of aryl methyl sites for hydroxylation is 1. The Balaban J connectivity index is 3.27. The first-order valence-electron chi connectivity index (χ1n) is 3.53. The maximum atomic E-state index is 11.0. The van der Waals surface area contributed by atoms with E-state index in [1.807, 2.05) is 13.0 Å². The second-order valence-electron chi connectivity index (χ2n) is 2.46. The van der Waals surface area contributed by atoms with Gasteiger partial charge in [0.05, 0.1) is 12.7 Å². The van der Waals surface area contributed by atoms with Gasteiger partial charge in [-0.05, 0) is 18.6 Å². The van der Waals surface area contributed by atoms with Crippen LogP contribution in [0.4, 0.5) is 0 Å². The lowest BCUT2D eigenvalue weighted by Crippen LogP contribution is -1.96. The van der Waals surface area contributed by atoms with Gasteiger partial charge in [0, 0.05) is 0 Å². The van der Waals surface area contributed by atoms with Crippen LogP contribution in [-0.2, 0) is 0 Å². The first-order valence-corrected chi connectivity index (χ1v) is 3.98. The number of carbonyl (C=O) groups is 1. The number of methoxy groups -OCH3 is 1. The largest absolute Gasteiger partial charge is 0.496 e. The van der Waals surface area contributed by atoms with Gasteiger partial charge >= 0.3 is 0 Å².